The number of hydrogen-bond donors (Lipinski definition) is 3. The molecule has 0 fully saturated rings. The Labute approximate surface area is 91.5 Å². The minimum absolute atomic E-state index is 0.424. The molecule has 0 aromatic carbocycles. The molecule has 3 N–H and O–H groups in total. The van der Waals surface area contributed by atoms with Crippen molar-refractivity contribution in [2.75, 3.05) is 11.9 Å². The summed E-state index contributed by atoms with van der Waals surface area (Å²) < 4.78 is 0. The fourth-order valence-electron chi connectivity index (χ4n) is 1.30. The number of aromatic amines is 1. The van der Waals surface area contributed by atoms with E-state index in [-0.39, 0.29) is 0 Å². The van der Waals surface area contributed by atoms with Crippen LogP contribution in [0.15, 0.2) is 12.5 Å². The molecule has 0 aliphatic carbocycles. The Balaban J connectivity index is 2.37. The predicted molar refractivity (Wildman–Crippen MR) is 59.1 cm³/mol. The molecule has 6 heteroatoms. The van der Waals surface area contributed by atoms with Crippen molar-refractivity contribution >= 4 is 28.5 Å². The molecule has 0 saturated heterocycles. The van der Waals surface area contributed by atoms with E-state index in [1.807, 2.05) is 0 Å². The second-order valence-corrected chi connectivity index (χ2v) is 3.72. The van der Waals surface area contributed by atoms with Crippen molar-refractivity contribution in [3.8, 4) is 0 Å². The van der Waals surface area contributed by atoms with E-state index in [1.54, 1.807) is 13.1 Å². The van der Waals surface area contributed by atoms with Gasteiger partial charge in [-0.15, -0.1) is 0 Å². The Morgan fingerprint density at radius 2 is 2.40 bits per heavy atom. The third kappa shape index (κ3) is 2.03. The highest BCUT2D eigenvalue weighted by Gasteiger charge is 2.09. The summed E-state index contributed by atoms with van der Waals surface area (Å²) >= 11 is 5.98. The van der Waals surface area contributed by atoms with Crippen LogP contribution in [0.25, 0.3) is 11.0 Å². The van der Waals surface area contributed by atoms with E-state index in [2.05, 4.69) is 20.3 Å². The fourth-order valence-corrected chi connectivity index (χ4v) is 1.54. The number of aliphatic hydroxyl groups is 1. The number of hydrogen-bond acceptors (Lipinski definition) is 4. The largest absolute Gasteiger partial charge is 0.392 e. The quantitative estimate of drug-likeness (QED) is 0.740. The predicted octanol–water partition coefficient (Wildman–Crippen LogP) is 1.40. The number of H-pyrrole nitrogens is 1. The Morgan fingerprint density at radius 3 is 3.13 bits per heavy atom. The van der Waals surface area contributed by atoms with Gasteiger partial charge in [-0.3, -0.25) is 0 Å². The lowest BCUT2D eigenvalue weighted by atomic mass is 10.3. The van der Waals surface area contributed by atoms with Crippen molar-refractivity contribution in [3.63, 3.8) is 0 Å². The molecule has 0 saturated carbocycles. The minimum atomic E-state index is -0.437. The van der Waals surface area contributed by atoms with Crippen molar-refractivity contribution in [2.45, 2.75) is 13.0 Å². The van der Waals surface area contributed by atoms with Crippen molar-refractivity contribution in [1.29, 1.82) is 0 Å². The van der Waals surface area contributed by atoms with Crippen molar-refractivity contribution < 1.29 is 5.11 Å². The first-order chi connectivity index (χ1) is 7.18. The van der Waals surface area contributed by atoms with E-state index in [0.29, 0.717) is 23.0 Å². The Bertz CT molecular complexity index is 468. The van der Waals surface area contributed by atoms with Crippen LogP contribution in [0, 0.1) is 0 Å². The lowest BCUT2D eigenvalue weighted by Gasteiger charge is -2.08. The molecule has 15 heavy (non-hydrogen) atoms. The molecular formula is C9H11ClN4O. The van der Waals surface area contributed by atoms with Crippen LogP contribution in [-0.4, -0.2) is 32.7 Å². The van der Waals surface area contributed by atoms with Gasteiger partial charge in [0, 0.05) is 12.7 Å². The number of aliphatic hydroxyl groups excluding tert-OH is 1. The summed E-state index contributed by atoms with van der Waals surface area (Å²) in [4.78, 5) is 11.0. The fraction of sp³-hybridized carbons (Fsp3) is 0.333. The molecule has 5 nitrogen and oxygen atoms in total. The highest BCUT2D eigenvalue weighted by Crippen LogP contribution is 2.26. The summed E-state index contributed by atoms with van der Waals surface area (Å²) in [5, 5.41) is 13.5. The maximum Gasteiger partial charge on any atom is 0.144 e. The molecule has 0 radical (unpaired) electrons. The van der Waals surface area contributed by atoms with Gasteiger partial charge >= 0.3 is 0 Å². The van der Waals surface area contributed by atoms with Crippen LogP contribution in [-0.2, 0) is 0 Å². The van der Waals surface area contributed by atoms with E-state index in [0.717, 1.165) is 5.39 Å². The molecule has 0 bridgehead atoms. The van der Waals surface area contributed by atoms with Crippen LogP contribution >= 0.6 is 11.6 Å². The molecule has 0 aliphatic heterocycles. The van der Waals surface area contributed by atoms with Crippen molar-refractivity contribution in [3.05, 3.63) is 17.5 Å². The number of aromatic nitrogens is 3. The molecule has 2 heterocycles. The average molecular weight is 227 g/mol. The van der Waals surface area contributed by atoms with E-state index >= 15 is 0 Å². The molecule has 2 aromatic heterocycles. The number of nitrogens with one attached hydrogen (secondary N) is 2. The number of fused-ring (bicyclic) bond motifs is 1. The Kier molecular flexibility index (Phi) is 2.75. The van der Waals surface area contributed by atoms with E-state index in [4.69, 9.17) is 16.7 Å². The second-order valence-electron chi connectivity index (χ2n) is 3.31. The average Bonchev–Trinajstić information content (AvgIpc) is 2.58. The summed E-state index contributed by atoms with van der Waals surface area (Å²) in [7, 11) is 0. The van der Waals surface area contributed by atoms with Gasteiger partial charge in [0.15, 0.2) is 0 Å². The zero-order valence-corrected chi connectivity index (χ0v) is 8.91. The first-order valence-corrected chi connectivity index (χ1v) is 4.96. The van der Waals surface area contributed by atoms with E-state index < -0.39 is 6.10 Å². The van der Waals surface area contributed by atoms with Gasteiger partial charge in [0.05, 0.1) is 16.5 Å². The third-order valence-electron chi connectivity index (χ3n) is 1.99. The minimum Gasteiger partial charge on any atom is -0.392 e. The smallest absolute Gasteiger partial charge is 0.144 e. The first kappa shape index (κ1) is 10.2. The third-order valence-corrected chi connectivity index (χ3v) is 2.28. The van der Waals surface area contributed by atoms with Gasteiger partial charge in [-0.2, -0.15) is 0 Å². The van der Waals surface area contributed by atoms with Crippen LogP contribution in [0.1, 0.15) is 6.92 Å². The van der Waals surface area contributed by atoms with Gasteiger partial charge in [-0.25, -0.2) is 9.97 Å². The molecule has 0 spiro atoms. The van der Waals surface area contributed by atoms with Crippen LogP contribution in [0.5, 0.6) is 0 Å². The molecule has 0 aliphatic rings. The summed E-state index contributed by atoms with van der Waals surface area (Å²) in [6, 6.07) is 0. The van der Waals surface area contributed by atoms with Crippen LogP contribution in [0.4, 0.5) is 5.82 Å². The van der Waals surface area contributed by atoms with Crippen molar-refractivity contribution in [2.24, 2.45) is 0 Å². The first-order valence-electron chi connectivity index (χ1n) is 4.58. The van der Waals surface area contributed by atoms with Crippen LogP contribution in [0.2, 0.25) is 5.02 Å². The molecular weight excluding hydrogens is 216 g/mol. The number of nitrogens with zero attached hydrogens (tertiary/aromatic N) is 2. The maximum atomic E-state index is 9.16. The zero-order valence-electron chi connectivity index (χ0n) is 8.16. The summed E-state index contributed by atoms with van der Waals surface area (Å²) in [6.45, 7) is 2.12. The highest BCUT2D eigenvalue weighted by molar-refractivity contribution is 6.36. The summed E-state index contributed by atoms with van der Waals surface area (Å²) in [5.74, 6) is 0.632. The van der Waals surface area contributed by atoms with Crippen molar-refractivity contribution in [1.82, 2.24) is 15.0 Å². The van der Waals surface area contributed by atoms with Gasteiger partial charge < -0.3 is 15.4 Å². The number of rotatable bonds is 3. The van der Waals surface area contributed by atoms with E-state index in [9.17, 15) is 0 Å². The van der Waals surface area contributed by atoms with Crippen LogP contribution in [0.3, 0.4) is 0 Å². The monoisotopic (exact) mass is 226 g/mol. The Morgan fingerprint density at radius 1 is 1.60 bits per heavy atom. The van der Waals surface area contributed by atoms with Gasteiger partial charge in [-0.1, -0.05) is 11.6 Å². The lowest BCUT2D eigenvalue weighted by molar-refractivity contribution is 0.208. The Hall–Kier alpha value is -1.33. The summed E-state index contributed by atoms with van der Waals surface area (Å²) in [5.41, 5.74) is 0.683. The SMILES string of the molecule is C[C@@H](O)CNc1ncnc2[nH]cc(Cl)c12. The van der Waals surface area contributed by atoms with Gasteiger partial charge in [0.2, 0.25) is 0 Å². The second kappa shape index (κ2) is 4.04. The normalized spacial score (nSPS) is 13.0. The molecule has 1 atom stereocenters. The van der Waals surface area contributed by atoms with E-state index in [1.165, 1.54) is 6.33 Å². The molecule has 2 rings (SSSR count). The molecule has 2 aromatic rings. The van der Waals surface area contributed by atoms with Gasteiger partial charge in [0.25, 0.3) is 0 Å². The molecule has 80 valence electrons. The number of halogens is 1. The lowest BCUT2D eigenvalue weighted by Crippen LogP contribution is -2.16. The maximum absolute atomic E-state index is 9.16. The topological polar surface area (TPSA) is 73.8 Å². The van der Waals surface area contributed by atoms with Gasteiger partial charge in [0.1, 0.15) is 17.8 Å². The highest BCUT2D eigenvalue weighted by atomic mass is 35.5. The zero-order chi connectivity index (χ0) is 10.8. The number of anilines is 1. The molecule has 0 amide bonds. The summed E-state index contributed by atoms with van der Waals surface area (Å²) in [6.07, 6.45) is 2.67. The standard InChI is InChI=1S/C9H11ClN4O/c1-5(15)2-11-8-7-6(10)3-12-9(7)14-4-13-8/h3-5,15H,2H2,1H3,(H2,11,12,13,14)/t5-/m1/s1. The molecule has 0 unspecified atom stereocenters. The van der Waals surface area contributed by atoms with Gasteiger partial charge in [-0.05, 0) is 6.92 Å². The van der Waals surface area contributed by atoms with Crippen LogP contribution < -0.4 is 5.32 Å².